The normalized spacial score (nSPS) is 11.0. The number of aromatic nitrogens is 2. The Morgan fingerprint density at radius 1 is 1.19 bits per heavy atom. The van der Waals surface area contributed by atoms with E-state index in [0.29, 0.717) is 33.4 Å². The summed E-state index contributed by atoms with van der Waals surface area (Å²) in [7, 11) is 0. The fraction of sp³-hybridized carbons (Fsp3) is 0.0556. The molecule has 0 fully saturated rings. The molecule has 0 bridgehead atoms. The van der Waals surface area contributed by atoms with E-state index in [-0.39, 0.29) is 10.9 Å². The third-order valence-electron chi connectivity index (χ3n) is 3.44. The van der Waals surface area contributed by atoms with Crippen LogP contribution >= 0.6 is 27.5 Å². The average Bonchev–Trinajstić information content (AvgIpc) is 2.63. The number of fused-ring (bicyclic) bond motifs is 1. The number of allylic oxidation sites excluding steroid dienone is 1. The molecule has 0 aliphatic heterocycles. The van der Waals surface area contributed by atoms with Crippen LogP contribution in [0.1, 0.15) is 0 Å². The van der Waals surface area contributed by atoms with Crippen molar-refractivity contribution in [2.45, 2.75) is 0 Å². The second kappa shape index (κ2) is 8.25. The maximum Gasteiger partial charge on any atom is 0.248 e. The molecule has 3 aromatic rings. The van der Waals surface area contributed by atoms with Gasteiger partial charge in [0.25, 0.3) is 0 Å². The molecule has 0 aliphatic carbocycles. The fourth-order valence-corrected chi connectivity index (χ4v) is 2.58. The van der Waals surface area contributed by atoms with Crippen LogP contribution in [-0.2, 0) is 4.79 Å². The van der Waals surface area contributed by atoms with Gasteiger partial charge in [-0.1, -0.05) is 33.6 Å². The minimum Gasteiger partial charge on any atom is -0.340 e. The molecule has 2 N–H and O–H groups in total. The Labute approximate surface area is 162 Å². The summed E-state index contributed by atoms with van der Waals surface area (Å²) < 4.78 is 13.6. The second-order valence-electron chi connectivity index (χ2n) is 5.25. The van der Waals surface area contributed by atoms with E-state index in [9.17, 15) is 9.18 Å². The van der Waals surface area contributed by atoms with Gasteiger partial charge in [-0.15, -0.1) is 0 Å². The van der Waals surface area contributed by atoms with E-state index in [2.05, 4.69) is 36.5 Å². The summed E-state index contributed by atoms with van der Waals surface area (Å²) in [6.45, 7) is 0. The first kappa shape index (κ1) is 18.3. The molecule has 1 amide bonds. The second-order valence-corrected chi connectivity index (χ2v) is 6.31. The number of carbonyl (C=O) groups excluding carboxylic acids is 1. The molecule has 132 valence electrons. The van der Waals surface area contributed by atoms with Crippen molar-refractivity contribution >= 4 is 61.5 Å². The van der Waals surface area contributed by atoms with Crippen molar-refractivity contribution in [2.75, 3.05) is 16.0 Å². The highest BCUT2D eigenvalue weighted by Crippen LogP contribution is 2.27. The minimum atomic E-state index is -0.526. The van der Waals surface area contributed by atoms with E-state index >= 15 is 0 Å². The number of carbonyl (C=O) groups is 1. The minimum absolute atomic E-state index is 0.0460. The quantitative estimate of drug-likeness (QED) is 0.434. The number of benzene rings is 2. The van der Waals surface area contributed by atoms with Gasteiger partial charge < -0.3 is 10.6 Å². The van der Waals surface area contributed by atoms with Crippen molar-refractivity contribution < 1.29 is 9.18 Å². The zero-order valence-electron chi connectivity index (χ0n) is 13.3. The predicted molar refractivity (Wildman–Crippen MR) is 106 cm³/mol. The molecule has 26 heavy (non-hydrogen) atoms. The molecule has 0 radical (unpaired) electrons. The van der Waals surface area contributed by atoms with Crippen LogP contribution in [0, 0.1) is 5.82 Å². The first-order valence-corrected chi connectivity index (χ1v) is 9.07. The van der Waals surface area contributed by atoms with Gasteiger partial charge in [0.1, 0.15) is 18.0 Å². The van der Waals surface area contributed by atoms with Crippen molar-refractivity contribution in [3.05, 3.63) is 65.7 Å². The van der Waals surface area contributed by atoms with Gasteiger partial charge in [-0.05, 0) is 36.4 Å². The van der Waals surface area contributed by atoms with Crippen LogP contribution in [0.4, 0.5) is 21.6 Å². The van der Waals surface area contributed by atoms with E-state index in [1.165, 1.54) is 24.5 Å². The van der Waals surface area contributed by atoms with Crippen molar-refractivity contribution in [2.24, 2.45) is 0 Å². The van der Waals surface area contributed by atoms with Gasteiger partial charge in [0.2, 0.25) is 5.91 Å². The number of hydrogen-bond donors (Lipinski definition) is 2. The standard InChI is InChI=1S/C18H13BrClFN4O/c19-7-1-2-17(26)24-11-4-6-16-13(8-11)18(23-10-22-16)25-12-3-5-14(20)15(21)9-12/h1-6,8-10H,7H2,(H,24,26)(H,22,23,25)/b2-1+. The number of nitrogens with one attached hydrogen (secondary N) is 2. The van der Waals surface area contributed by atoms with Crippen LogP contribution in [0.25, 0.3) is 10.9 Å². The fourth-order valence-electron chi connectivity index (χ4n) is 2.28. The molecule has 3 rings (SSSR count). The molecule has 0 spiro atoms. The molecule has 1 aromatic heterocycles. The molecule has 2 aromatic carbocycles. The molecular formula is C18H13BrClFN4O. The summed E-state index contributed by atoms with van der Waals surface area (Å²) in [6.07, 6.45) is 4.55. The van der Waals surface area contributed by atoms with Crippen LogP contribution < -0.4 is 10.6 Å². The Bertz CT molecular complexity index is 996. The summed E-state index contributed by atoms with van der Waals surface area (Å²) in [6, 6.07) is 9.67. The van der Waals surface area contributed by atoms with E-state index < -0.39 is 5.82 Å². The summed E-state index contributed by atoms with van der Waals surface area (Å²) in [5.74, 6) is -0.277. The summed E-state index contributed by atoms with van der Waals surface area (Å²) in [5, 5.41) is 7.14. The lowest BCUT2D eigenvalue weighted by molar-refractivity contribution is -0.111. The first-order chi connectivity index (χ1) is 12.6. The number of rotatable bonds is 5. The van der Waals surface area contributed by atoms with E-state index in [0.717, 1.165) is 0 Å². The lowest BCUT2D eigenvalue weighted by Gasteiger charge is -2.10. The zero-order chi connectivity index (χ0) is 18.5. The molecule has 0 saturated heterocycles. The number of alkyl halides is 1. The molecule has 0 atom stereocenters. The van der Waals surface area contributed by atoms with Crippen LogP contribution in [0.15, 0.2) is 54.9 Å². The number of halogens is 3. The summed E-state index contributed by atoms with van der Waals surface area (Å²) in [5.41, 5.74) is 1.79. The Morgan fingerprint density at radius 3 is 2.77 bits per heavy atom. The topological polar surface area (TPSA) is 66.9 Å². The number of hydrogen-bond acceptors (Lipinski definition) is 4. The third kappa shape index (κ3) is 4.36. The Kier molecular flexibility index (Phi) is 5.80. The maximum absolute atomic E-state index is 13.6. The van der Waals surface area contributed by atoms with Crippen molar-refractivity contribution in [3.8, 4) is 0 Å². The van der Waals surface area contributed by atoms with Crippen LogP contribution in [0.2, 0.25) is 5.02 Å². The number of amides is 1. The molecular weight excluding hydrogens is 423 g/mol. The van der Waals surface area contributed by atoms with Gasteiger partial charge >= 0.3 is 0 Å². The largest absolute Gasteiger partial charge is 0.340 e. The van der Waals surface area contributed by atoms with Gasteiger partial charge in [-0.3, -0.25) is 4.79 Å². The van der Waals surface area contributed by atoms with Gasteiger partial charge in [-0.25, -0.2) is 14.4 Å². The van der Waals surface area contributed by atoms with Gasteiger partial charge in [-0.2, -0.15) is 0 Å². The smallest absolute Gasteiger partial charge is 0.248 e. The Morgan fingerprint density at radius 2 is 2.00 bits per heavy atom. The third-order valence-corrected chi connectivity index (χ3v) is 4.12. The first-order valence-electron chi connectivity index (χ1n) is 7.57. The number of nitrogens with zero attached hydrogens (tertiary/aromatic N) is 2. The Hall–Kier alpha value is -2.51. The molecule has 0 unspecified atom stereocenters. The molecule has 0 saturated carbocycles. The van der Waals surface area contributed by atoms with Gasteiger partial charge in [0, 0.05) is 28.2 Å². The highest BCUT2D eigenvalue weighted by molar-refractivity contribution is 9.09. The lowest BCUT2D eigenvalue weighted by Crippen LogP contribution is -2.08. The monoisotopic (exact) mass is 434 g/mol. The van der Waals surface area contributed by atoms with E-state index in [1.54, 1.807) is 30.3 Å². The Balaban J connectivity index is 1.92. The van der Waals surface area contributed by atoms with Crippen molar-refractivity contribution in [1.29, 1.82) is 0 Å². The van der Waals surface area contributed by atoms with Crippen molar-refractivity contribution in [1.82, 2.24) is 9.97 Å². The highest BCUT2D eigenvalue weighted by Gasteiger charge is 2.08. The molecule has 8 heteroatoms. The van der Waals surface area contributed by atoms with E-state index in [1.807, 2.05) is 0 Å². The van der Waals surface area contributed by atoms with Crippen LogP contribution in [0.3, 0.4) is 0 Å². The number of anilines is 3. The zero-order valence-corrected chi connectivity index (χ0v) is 15.7. The molecule has 0 aliphatic rings. The summed E-state index contributed by atoms with van der Waals surface area (Å²) in [4.78, 5) is 20.3. The predicted octanol–water partition coefficient (Wildman–Crippen LogP) is 5.06. The molecule has 1 heterocycles. The summed E-state index contributed by atoms with van der Waals surface area (Å²) >= 11 is 8.93. The average molecular weight is 436 g/mol. The SMILES string of the molecule is O=C(/C=C/CBr)Nc1ccc2ncnc(Nc3ccc(Cl)c(F)c3)c2c1. The van der Waals surface area contributed by atoms with Gasteiger partial charge in [0.15, 0.2) is 0 Å². The van der Waals surface area contributed by atoms with Crippen LogP contribution in [-0.4, -0.2) is 21.2 Å². The van der Waals surface area contributed by atoms with E-state index in [4.69, 9.17) is 11.6 Å². The van der Waals surface area contributed by atoms with Crippen LogP contribution in [0.5, 0.6) is 0 Å². The van der Waals surface area contributed by atoms with Gasteiger partial charge in [0.05, 0.1) is 10.5 Å². The maximum atomic E-state index is 13.6. The molecule has 5 nitrogen and oxygen atoms in total. The lowest BCUT2D eigenvalue weighted by atomic mass is 10.2. The van der Waals surface area contributed by atoms with Crippen molar-refractivity contribution in [3.63, 3.8) is 0 Å². The highest BCUT2D eigenvalue weighted by atomic mass is 79.9.